The molecule has 0 bridgehead atoms. The van der Waals surface area contributed by atoms with Gasteiger partial charge in [0.05, 0.1) is 12.7 Å². The molecule has 2 atom stereocenters. The Morgan fingerprint density at radius 1 is 1.25 bits per heavy atom. The van der Waals surface area contributed by atoms with Gasteiger partial charge in [-0.15, -0.1) is 0 Å². The highest BCUT2D eigenvalue weighted by Gasteiger charge is 2.35. The third-order valence-corrected chi connectivity index (χ3v) is 4.07. The van der Waals surface area contributed by atoms with Gasteiger partial charge in [0.2, 0.25) is 12.0 Å². The van der Waals surface area contributed by atoms with Crippen LogP contribution in [0.3, 0.4) is 0 Å². The Hall–Kier alpha value is -2.83. The van der Waals surface area contributed by atoms with E-state index in [1.165, 1.54) is 0 Å². The van der Waals surface area contributed by atoms with Crippen LogP contribution in [0.15, 0.2) is 42.9 Å². The van der Waals surface area contributed by atoms with Crippen molar-refractivity contribution in [2.45, 2.75) is 18.6 Å². The highest BCUT2D eigenvalue weighted by atomic mass is 16.6. The smallest absolute Gasteiger partial charge is 0.267 e. The molecule has 1 fully saturated rings. The topological polar surface area (TPSA) is 73.8 Å². The molecule has 0 radical (unpaired) electrons. The van der Waals surface area contributed by atoms with Crippen molar-refractivity contribution >= 4 is 5.91 Å². The normalized spacial score (nSPS) is 22.2. The Bertz CT molecular complexity index is 725. The maximum Gasteiger partial charge on any atom is 0.267 e. The number of likely N-dealkylation sites (tertiary alicyclic amines) is 1. The molecule has 4 rings (SSSR count). The Labute approximate surface area is 139 Å². The maximum atomic E-state index is 12.6. The zero-order valence-electron chi connectivity index (χ0n) is 13.0. The standard InChI is InChI=1S/C17H17N3O4/c21-17(15-11-22-13-3-1-2-4-14(13)24-15)20-8-5-12(10-20)23-16-9-18-6-7-19-16/h1-4,6-7,9,12,15H,5,8,10-11H2/t12-,15+/m1/s1. The lowest BCUT2D eigenvalue weighted by atomic mass is 10.2. The molecule has 124 valence electrons. The molecule has 0 aliphatic carbocycles. The Morgan fingerprint density at radius 2 is 2.12 bits per heavy atom. The molecular formula is C17H17N3O4. The summed E-state index contributed by atoms with van der Waals surface area (Å²) in [7, 11) is 0. The molecule has 24 heavy (non-hydrogen) atoms. The van der Waals surface area contributed by atoms with Crippen molar-refractivity contribution in [3.05, 3.63) is 42.9 Å². The summed E-state index contributed by atoms with van der Waals surface area (Å²) >= 11 is 0. The van der Waals surface area contributed by atoms with Gasteiger partial charge in [0.1, 0.15) is 12.7 Å². The minimum atomic E-state index is -0.616. The average Bonchev–Trinajstić information content (AvgIpc) is 3.10. The summed E-state index contributed by atoms with van der Waals surface area (Å²) < 4.78 is 17.2. The van der Waals surface area contributed by atoms with Gasteiger partial charge >= 0.3 is 0 Å². The Kier molecular flexibility index (Phi) is 3.90. The average molecular weight is 327 g/mol. The number of carbonyl (C=O) groups is 1. The highest BCUT2D eigenvalue weighted by molar-refractivity contribution is 5.82. The van der Waals surface area contributed by atoms with E-state index >= 15 is 0 Å². The van der Waals surface area contributed by atoms with Gasteiger partial charge in [-0.25, -0.2) is 4.98 Å². The zero-order chi connectivity index (χ0) is 16.4. The maximum absolute atomic E-state index is 12.6. The van der Waals surface area contributed by atoms with E-state index in [2.05, 4.69) is 9.97 Å². The van der Waals surface area contributed by atoms with Crippen LogP contribution < -0.4 is 14.2 Å². The highest BCUT2D eigenvalue weighted by Crippen LogP contribution is 2.31. The van der Waals surface area contributed by atoms with Gasteiger partial charge in [-0.2, -0.15) is 0 Å². The number of para-hydroxylation sites is 2. The monoisotopic (exact) mass is 327 g/mol. The van der Waals surface area contributed by atoms with Gasteiger partial charge in [-0.1, -0.05) is 12.1 Å². The van der Waals surface area contributed by atoms with Gasteiger partial charge in [-0.05, 0) is 12.1 Å². The molecule has 0 saturated carbocycles. The van der Waals surface area contributed by atoms with Crippen LogP contribution in [0.1, 0.15) is 6.42 Å². The number of aromatic nitrogens is 2. The molecule has 7 nitrogen and oxygen atoms in total. The lowest BCUT2D eigenvalue weighted by Crippen LogP contribution is -2.46. The Morgan fingerprint density at radius 3 is 2.96 bits per heavy atom. The van der Waals surface area contributed by atoms with Crippen molar-refractivity contribution in [1.29, 1.82) is 0 Å². The van der Waals surface area contributed by atoms with E-state index in [-0.39, 0.29) is 18.6 Å². The lowest BCUT2D eigenvalue weighted by Gasteiger charge is -2.28. The first-order valence-corrected chi connectivity index (χ1v) is 7.89. The summed E-state index contributed by atoms with van der Waals surface area (Å²) in [4.78, 5) is 22.5. The van der Waals surface area contributed by atoms with E-state index in [1.807, 2.05) is 18.2 Å². The van der Waals surface area contributed by atoms with Crippen LogP contribution in [0, 0.1) is 0 Å². The molecular weight excluding hydrogens is 310 g/mol. The summed E-state index contributed by atoms with van der Waals surface area (Å²) in [6.07, 6.45) is 4.80. The van der Waals surface area contributed by atoms with E-state index in [0.29, 0.717) is 30.5 Å². The fourth-order valence-electron chi connectivity index (χ4n) is 2.89. The zero-order valence-corrected chi connectivity index (χ0v) is 13.0. The van der Waals surface area contributed by atoms with Crippen LogP contribution in [0.5, 0.6) is 17.4 Å². The van der Waals surface area contributed by atoms with E-state index in [0.717, 1.165) is 6.42 Å². The van der Waals surface area contributed by atoms with Crippen molar-refractivity contribution in [2.75, 3.05) is 19.7 Å². The number of rotatable bonds is 3. The first-order chi connectivity index (χ1) is 11.8. The van der Waals surface area contributed by atoms with Crippen LogP contribution in [-0.4, -0.2) is 52.7 Å². The number of benzene rings is 1. The summed E-state index contributed by atoms with van der Waals surface area (Å²) in [5.74, 6) is 1.68. The molecule has 1 amide bonds. The SMILES string of the molecule is O=C([C@@H]1COc2ccccc2O1)N1CC[C@@H](Oc2cnccn2)C1. The second-order valence-corrected chi connectivity index (χ2v) is 5.72. The predicted octanol–water partition coefficient (Wildman–Crippen LogP) is 1.30. The molecule has 2 aliphatic rings. The minimum Gasteiger partial charge on any atom is -0.485 e. The molecule has 2 aliphatic heterocycles. The number of nitrogens with zero attached hydrogens (tertiary/aromatic N) is 3. The summed E-state index contributed by atoms with van der Waals surface area (Å²) in [5.41, 5.74) is 0. The van der Waals surface area contributed by atoms with Gasteiger partial charge in [0.15, 0.2) is 11.5 Å². The second kappa shape index (κ2) is 6.35. The molecule has 1 aromatic carbocycles. The van der Waals surface area contributed by atoms with Crippen molar-refractivity contribution in [1.82, 2.24) is 14.9 Å². The van der Waals surface area contributed by atoms with E-state index in [4.69, 9.17) is 14.2 Å². The van der Waals surface area contributed by atoms with Crippen molar-refractivity contribution in [3.8, 4) is 17.4 Å². The molecule has 0 unspecified atom stereocenters. The summed E-state index contributed by atoms with van der Waals surface area (Å²) in [6, 6.07) is 7.37. The fourth-order valence-corrected chi connectivity index (χ4v) is 2.89. The number of ether oxygens (including phenoxy) is 3. The van der Waals surface area contributed by atoms with E-state index < -0.39 is 6.10 Å². The van der Waals surface area contributed by atoms with Crippen LogP contribution in [0.25, 0.3) is 0 Å². The number of carbonyl (C=O) groups excluding carboxylic acids is 1. The molecule has 1 aromatic heterocycles. The quantitative estimate of drug-likeness (QED) is 0.846. The van der Waals surface area contributed by atoms with Crippen LogP contribution >= 0.6 is 0 Å². The van der Waals surface area contributed by atoms with Crippen LogP contribution in [-0.2, 0) is 4.79 Å². The summed E-state index contributed by atoms with van der Waals surface area (Å²) in [5, 5.41) is 0. The lowest BCUT2D eigenvalue weighted by molar-refractivity contribution is -0.140. The third-order valence-electron chi connectivity index (χ3n) is 4.07. The molecule has 0 spiro atoms. The molecule has 2 aromatic rings. The summed E-state index contributed by atoms with van der Waals surface area (Å²) in [6.45, 7) is 1.37. The first kappa shape index (κ1) is 14.7. The molecule has 3 heterocycles. The molecule has 0 N–H and O–H groups in total. The number of hydrogen-bond acceptors (Lipinski definition) is 6. The van der Waals surface area contributed by atoms with Gasteiger partial charge in [0, 0.05) is 25.4 Å². The number of hydrogen-bond donors (Lipinski definition) is 0. The number of fused-ring (bicyclic) bond motifs is 1. The number of amides is 1. The second-order valence-electron chi connectivity index (χ2n) is 5.72. The van der Waals surface area contributed by atoms with Crippen LogP contribution in [0.4, 0.5) is 0 Å². The van der Waals surface area contributed by atoms with Crippen molar-refractivity contribution in [2.24, 2.45) is 0 Å². The minimum absolute atomic E-state index is 0.0743. The van der Waals surface area contributed by atoms with E-state index in [9.17, 15) is 4.79 Å². The molecule has 7 heteroatoms. The van der Waals surface area contributed by atoms with Crippen molar-refractivity contribution in [3.63, 3.8) is 0 Å². The largest absolute Gasteiger partial charge is 0.485 e. The molecule has 1 saturated heterocycles. The third kappa shape index (κ3) is 2.97. The predicted molar refractivity (Wildman–Crippen MR) is 84.0 cm³/mol. The van der Waals surface area contributed by atoms with Gasteiger partial charge in [-0.3, -0.25) is 9.78 Å². The first-order valence-electron chi connectivity index (χ1n) is 7.89. The van der Waals surface area contributed by atoms with Crippen molar-refractivity contribution < 1.29 is 19.0 Å². The fraction of sp³-hybridized carbons (Fsp3) is 0.353. The Balaban J connectivity index is 1.36. The van der Waals surface area contributed by atoms with Gasteiger partial charge < -0.3 is 19.1 Å². The van der Waals surface area contributed by atoms with E-state index in [1.54, 1.807) is 29.6 Å². The van der Waals surface area contributed by atoms with Gasteiger partial charge in [0.25, 0.3) is 5.91 Å². The van der Waals surface area contributed by atoms with Crippen LogP contribution in [0.2, 0.25) is 0 Å².